The molecule has 0 bridgehead atoms. The maximum Gasteiger partial charge on any atom is 0.262 e. The van der Waals surface area contributed by atoms with Gasteiger partial charge in [0, 0.05) is 5.02 Å². The van der Waals surface area contributed by atoms with Gasteiger partial charge in [0.15, 0.2) is 4.77 Å². The fraction of sp³-hybridized carbons (Fsp3) is 0.125. The van der Waals surface area contributed by atoms with Crippen LogP contribution in [-0.2, 0) is 6.54 Å². The maximum atomic E-state index is 12.6. The fourth-order valence-electron chi connectivity index (χ4n) is 2.28. The molecule has 1 heterocycles. The molecule has 0 saturated carbocycles. The van der Waals surface area contributed by atoms with Crippen LogP contribution in [0.15, 0.2) is 47.3 Å². The third-order valence-electron chi connectivity index (χ3n) is 3.44. The Morgan fingerprint density at radius 2 is 1.95 bits per heavy atom. The van der Waals surface area contributed by atoms with Crippen LogP contribution in [0.25, 0.3) is 10.9 Å². The summed E-state index contributed by atoms with van der Waals surface area (Å²) < 4.78 is 7.04. The van der Waals surface area contributed by atoms with Crippen molar-refractivity contribution in [2.75, 3.05) is 7.11 Å². The van der Waals surface area contributed by atoms with Gasteiger partial charge in [-0.3, -0.25) is 9.36 Å². The Morgan fingerprint density at radius 3 is 2.64 bits per heavy atom. The molecule has 0 aliphatic rings. The zero-order valence-electron chi connectivity index (χ0n) is 11.8. The zero-order valence-corrected chi connectivity index (χ0v) is 13.4. The fourth-order valence-corrected chi connectivity index (χ4v) is 2.71. The minimum Gasteiger partial charge on any atom is -0.497 e. The molecule has 0 saturated heterocycles. The molecule has 0 radical (unpaired) electrons. The predicted molar refractivity (Wildman–Crippen MR) is 90.5 cm³/mol. The highest BCUT2D eigenvalue weighted by molar-refractivity contribution is 7.71. The zero-order chi connectivity index (χ0) is 15.7. The highest BCUT2D eigenvalue weighted by atomic mass is 35.5. The molecule has 0 fully saturated rings. The summed E-state index contributed by atoms with van der Waals surface area (Å²) in [5, 5.41) is 1.04. The van der Waals surface area contributed by atoms with Crippen molar-refractivity contribution in [1.82, 2.24) is 9.55 Å². The first kappa shape index (κ1) is 14.8. The number of halogens is 1. The summed E-state index contributed by atoms with van der Waals surface area (Å²) in [4.78, 5) is 15.7. The van der Waals surface area contributed by atoms with E-state index in [1.54, 1.807) is 25.3 Å². The predicted octanol–water partition coefficient (Wildman–Crippen LogP) is 3.77. The first-order chi connectivity index (χ1) is 10.6. The van der Waals surface area contributed by atoms with E-state index in [-0.39, 0.29) is 5.56 Å². The molecule has 0 aliphatic carbocycles. The van der Waals surface area contributed by atoms with Crippen LogP contribution < -0.4 is 10.3 Å². The second-order valence-corrected chi connectivity index (χ2v) is 5.68. The summed E-state index contributed by atoms with van der Waals surface area (Å²) in [5.41, 5.74) is 1.49. The summed E-state index contributed by atoms with van der Waals surface area (Å²) in [7, 11) is 1.61. The third-order valence-corrected chi connectivity index (χ3v) is 4.00. The van der Waals surface area contributed by atoms with Crippen molar-refractivity contribution in [2.24, 2.45) is 0 Å². The standard InChI is InChI=1S/C16H13ClN2O2S/c1-21-12-5-2-10(3-6-12)9-19-15(20)13-8-11(17)4-7-14(13)18-16(19)22/h2-8H,9H2,1H3,(H,18,22). The van der Waals surface area contributed by atoms with E-state index in [1.807, 2.05) is 24.3 Å². The van der Waals surface area contributed by atoms with Gasteiger partial charge in [0.05, 0.1) is 24.6 Å². The first-order valence-electron chi connectivity index (χ1n) is 6.64. The number of benzene rings is 2. The van der Waals surface area contributed by atoms with E-state index in [9.17, 15) is 4.79 Å². The van der Waals surface area contributed by atoms with E-state index in [0.29, 0.717) is 27.2 Å². The molecular weight excluding hydrogens is 320 g/mol. The summed E-state index contributed by atoms with van der Waals surface area (Å²) >= 11 is 11.3. The van der Waals surface area contributed by atoms with Crippen LogP contribution in [-0.4, -0.2) is 16.7 Å². The van der Waals surface area contributed by atoms with Crippen LogP contribution in [0.4, 0.5) is 0 Å². The van der Waals surface area contributed by atoms with Crippen molar-refractivity contribution in [3.05, 3.63) is 68.2 Å². The van der Waals surface area contributed by atoms with E-state index in [0.717, 1.165) is 11.3 Å². The van der Waals surface area contributed by atoms with Crippen LogP contribution in [0, 0.1) is 4.77 Å². The molecule has 2 aromatic carbocycles. The van der Waals surface area contributed by atoms with Crippen LogP contribution in [0.5, 0.6) is 5.75 Å². The molecule has 4 nitrogen and oxygen atoms in total. The molecule has 1 N–H and O–H groups in total. The Balaban J connectivity index is 2.09. The molecule has 0 spiro atoms. The monoisotopic (exact) mass is 332 g/mol. The van der Waals surface area contributed by atoms with Crippen molar-refractivity contribution < 1.29 is 4.74 Å². The van der Waals surface area contributed by atoms with Gasteiger partial charge in [-0.2, -0.15) is 0 Å². The Hall–Kier alpha value is -2.11. The number of hydrogen-bond acceptors (Lipinski definition) is 3. The average Bonchev–Trinajstić information content (AvgIpc) is 2.53. The minimum atomic E-state index is -0.155. The second kappa shape index (κ2) is 5.94. The Bertz CT molecular complexity index is 945. The van der Waals surface area contributed by atoms with E-state index in [1.165, 1.54) is 4.57 Å². The van der Waals surface area contributed by atoms with Crippen LogP contribution >= 0.6 is 23.8 Å². The highest BCUT2D eigenvalue weighted by Gasteiger charge is 2.07. The van der Waals surface area contributed by atoms with Crippen LogP contribution in [0.1, 0.15) is 5.56 Å². The third kappa shape index (κ3) is 2.77. The lowest BCUT2D eigenvalue weighted by molar-refractivity contribution is 0.414. The summed E-state index contributed by atoms with van der Waals surface area (Å²) in [6.45, 7) is 0.389. The number of aromatic nitrogens is 2. The van der Waals surface area contributed by atoms with Gasteiger partial charge in [-0.05, 0) is 48.1 Å². The lowest BCUT2D eigenvalue weighted by Crippen LogP contribution is -2.22. The molecule has 6 heteroatoms. The summed E-state index contributed by atoms with van der Waals surface area (Å²) in [6.07, 6.45) is 0. The van der Waals surface area contributed by atoms with Gasteiger partial charge >= 0.3 is 0 Å². The first-order valence-corrected chi connectivity index (χ1v) is 7.42. The number of nitrogens with one attached hydrogen (secondary N) is 1. The normalized spacial score (nSPS) is 10.8. The Morgan fingerprint density at radius 1 is 1.23 bits per heavy atom. The summed E-state index contributed by atoms with van der Waals surface area (Å²) in [5.74, 6) is 0.770. The molecule has 3 rings (SSSR count). The highest BCUT2D eigenvalue weighted by Crippen LogP contribution is 2.16. The van der Waals surface area contributed by atoms with Gasteiger partial charge in [-0.1, -0.05) is 23.7 Å². The van der Waals surface area contributed by atoms with Gasteiger partial charge in [-0.25, -0.2) is 0 Å². The Labute approximate surface area is 136 Å². The van der Waals surface area contributed by atoms with Crippen LogP contribution in [0.3, 0.4) is 0 Å². The van der Waals surface area contributed by atoms with E-state index in [4.69, 9.17) is 28.6 Å². The average molecular weight is 333 g/mol. The smallest absolute Gasteiger partial charge is 0.262 e. The van der Waals surface area contributed by atoms with Crippen molar-refractivity contribution in [2.45, 2.75) is 6.54 Å². The van der Waals surface area contributed by atoms with Gasteiger partial charge < -0.3 is 9.72 Å². The van der Waals surface area contributed by atoms with Gasteiger partial charge in [0.25, 0.3) is 5.56 Å². The van der Waals surface area contributed by atoms with Crippen molar-refractivity contribution >= 4 is 34.7 Å². The van der Waals surface area contributed by atoms with Gasteiger partial charge in [-0.15, -0.1) is 0 Å². The lowest BCUT2D eigenvalue weighted by atomic mass is 10.2. The van der Waals surface area contributed by atoms with E-state index >= 15 is 0 Å². The van der Waals surface area contributed by atoms with Gasteiger partial charge in [0.1, 0.15) is 5.75 Å². The molecular formula is C16H13ClN2O2S. The van der Waals surface area contributed by atoms with Gasteiger partial charge in [0.2, 0.25) is 0 Å². The molecule has 3 aromatic rings. The number of aromatic amines is 1. The molecule has 1 aromatic heterocycles. The molecule has 0 unspecified atom stereocenters. The molecule has 22 heavy (non-hydrogen) atoms. The minimum absolute atomic E-state index is 0.155. The van der Waals surface area contributed by atoms with E-state index in [2.05, 4.69) is 4.98 Å². The van der Waals surface area contributed by atoms with E-state index < -0.39 is 0 Å². The second-order valence-electron chi connectivity index (χ2n) is 4.86. The molecule has 0 amide bonds. The Kier molecular flexibility index (Phi) is 4.00. The molecule has 0 aliphatic heterocycles. The maximum absolute atomic E-state index is 12.6. The lowest BCUT2D eigenvalue weighted by Gasteiger charge is -2.09. The van der Waals surface area contributed by atoms with Crippen LogP contribution in [0.2, 0.25) is 5.02 Å². The summed E-state index contributed by atoms with van der Waals surface area (Å²) in [6, 6.07) is 12.6. The number of methoxy groups -OCH3 is 1. The SMILES string of the molecule is COc1ccc(Cn2c(=S)[nH]c3ccc(Cl)cc3c2=O)cc1. The number of rotatable bonds is 3. The van der Waals surface area contributed by atoms with Crippen molar-refractivity contribution in [3.8, 4) is 5.75 Å². The number of ether oxygens (including phenoxy) is 1. The molecule has 112 valence electrons. The topological polar surface area (TPSA) is 47.0 Å². The number of H-pyrrole nitrogens is 1. The van der Waals surface area contributed by atoms with Crippen molar-refractivity contribution in [3.63, 3.8) is 0 Å². The number of hydrogen-bond donors (Lipinski definition) is 1. The quantitative estimate of drug-likeness (QED) is 0.743. The molecule has 0 atom stereocenters. The van der Waals surface area contributed by atoms with Crippen molar-refractivity contribution in [1.29, 1.82) is 0 Å². The number of fused-ring (bicyclic) bond motifs is 1. The largest absolute Gasteiger partial charge is 0.497 e. The number of nitrogens with zero attached hydrogens (tertiary/aromatic N) is 1.